The lowest BCUT2D eigenvalue weighted by molar-refractivity contribution is -0.145. The normalized spacial score (nSPS) is 14.4. The summed E-state index contributed by atoms with van der Waals surface area (Å²) in [5.41, 5.74) is 0.713. The van der Waals surface area contributed by atoms with E-state index in [1.165, 1.54) is 12.1 Å². The number of nitrogens with zero attached hydrogens (tertiary/aromatic N) is 1. The number of rotatable bonds is 19. The molecular weight excluding hydrogens is 585 g/mol. The summed E-state index contributed by atoms with van der Waals surface area (Å²) in [5, 5.41) is 15.4. The second-order valence-corrected chi connectivity index (χ2v) is 12.0. The molecular formula is C33H46FN3O8. The molecule has 1 saturated carbocycles. The summed E-state index contributed by atoms with van der Waals surface area (Å²) < 4.78 is 35.0. The van der Waals surface area contributed by atoms with Crippen LogP contribution in [-0.2, 0) is 30.2 Å². The Balaban J connectivity index is 1.41. The highest BCUT2D eigenvalue weighted by molar-refractivity contribution is 5.96. The Hall–Kier alpha value is -3.61. The van der Waals surface area contributed by atoms with E-state index in [-0.39, 0.29) is 44.2 Å². The van der Waals surface area contributed by atoms with E-state index in [2.05, 4.69) is 15.6 Å². The summed E-state index contributed by atoms with van der Waals surface area (Å²) in [6.07, 6.45) is 2.25. The Bertz CT molecular complexity index is 1260. The van der Waals surface area contributed by atoms with Crippen LogP contribution in [0.4, 0.5) is 9.18 Å². The number of amides is 2. The van der Waals surface area contributed by atoms with E-state index in [9.17, 15) is 23.9 Å². The van der Waals surface area contributed by atoms with Gasteiger partial charge in [0.05, 0.1) is 33.0 Å². The summed E-state index contributed by atoms with van der Waals surface area (Å²) in [6, 6.07) is 9.70. The highest BCUT2D eigenvalue weighted by atomic mass is 19.1. The Morgan fingerprint density at radius 1 is 0.933 bits per heavy atom. The molecule has 1 aromatic carbocycles. The average molecular weight is 632 g/mol. The molecule has 11 nitrogen and oxygen atoms in total. The molecule has 1 aliphatic rings. The molecule has 0 bridgehead atoms. The summed E-state index contributed by atoms with van der Waals surface area (Å²) in [4.78, 5) is 41.8. The predicted octanol–water partition coefficient (Wildman–Crippen LogP) is 4.62. The molecule has 1 unspecified atom stereocenters. The van der Waals surface area contributed by atoms with Crippen LogP contribution in [0, 0.1) is 5.82 Å². The van der Waals surface area contributed by atoms with Crippen LogP contribution < -0.4 is 10.6 Å². The molecule has 1 aromatic heterocycles. The number of carboxylic acids is 1. The number of aliphatic carboxylic acids is 1. The maximum atomic E-state index is 13.4. The second-order valence-electron chi connectivity index (χ2n) is 12.0. The lowest BCUT2D eigenvalue weighted by atomic mass is 9.92. The summed E-state index contributed by atoms with van der Waals surface area (Å²) >= 11 is 0. The van der Waals surface area contributed by atoms with E-state index in [1.807, 2.05) is 6.07 Å². The number of halogens is 1. The average Bonchev–Trinajstić information content (AvgIpc) is 3.82. The van der Waals surface area contributed by atoms with Gasteiger partial charge < -0.3 is 34.7 Å². The number of alkyl carbamates (subject to hydrolysis) is 1. The molecule has 0 radical (unpaired) electrons. The van der Waals surface area contributed by atoms with Gasteiger partial charge in [0.25, 0.3) is 5.91 Å². The van der Waals surface area contributed by atoms with E-state index in [0.717, 1.165) is 29.7 Å². The number of pyridine rings is 1. The summed E-state index contributed by atoms with van der Waals surface area (Å²) in [6.45, 7) is 8.98. The molecule has 0 aliphatic heterocycles. The van der Waals surface area contributed by atoms with Crippen molar-refractivity contribution in [2.45, 2.75) is 76.9 Å². The second kappa shape index (κ2) is 17.2. The molecule has 45 heavy (non-hydrogen) atoms. The SMILES string of the molecule is CCC(CCOCCOCCOCCNC(=O)OC(C)(C)C)(NC(=O)c1ccc(C2CC2)c(Cc2ccc(F)cc2)n1)C(=O)O. The number of hydrogen-bond acceptors (Lipinski definition) is 8. The van der Waals surface area contributed by atoms with Crippen molar-refractivity contribution in [3.8, 4) is 0 Å². The first-order valence-corrected chi connectivity index (χ1v) is 15.4. The minimum atomic E-state index is -1.53. The minimum absolute atomic E-state index is 0.0565. The maximum Gasteiger partial charge on any atom is 0.407 e. The van der Waals surface area contributed by atoms with Crippen molar-refractivity contribution in [1.82, 2.24) is 15.6 Å². The van der Waals surface area contributed by atoms with Gasteiger partial charge in [-0.2, -0.15) is 0 Å². The molecule has 3 rings (SSSR count). The third kappa shape index (κ3) is 12.4. The van der Waals surface area contributed by atoms with Crippen LogP contribution in [0.3, 0.4) is 0 Å². The van der Waals surface area contributed by atoms with Gasteiger partial charge in [0.2, 0.25) is 0 Å². The van der Waals surface area contributed by atoms with E-state index in [0.29, 0.717) is 38.7 Å². The van der Waals surface area contributed by atoms with Crippen LogP contribution in [-0.4, -0.2) is 85.4 Å². The molecule has 2 aromatic rings. The van der Waals surface area contributed by atoms with Crippen molar-refractivity contribution < 1.29 is 42.8 Å². The van der Waals surface area contributed by atoms with Crippen molar-refractivity contribution in [2.24, 2.45) is 0 Å². The summed E-state index contributed by atoms with van der Waals surface area (Å²) in [5.74, 6) is -1.67. The summed E-state index contributed by atoms with van der Waals surface area (Å²) in [7, 11) is 0. The zero-order valence-corrected chi connectivity index (χ0v) is 26.7. The highest BCUT2D eigenvalue weighted by Crippen LogP contribution is 2.41. The van der Waals surface area contributed by atoms with E-state index < -0.39 is 29.1 Å². The third-order valence-electron chi connectivity index (χ3n) is 7.24. The number of carbonyl (C=O) groups excluding carboxylic acids is 2. The molecule has 1 heterocycles. The van der Waals surface area contributed by atoms with Crippen molar-refractivity contribution in [1.29, 1.82) is 0 Å². The topological polar surface area (TPSA) is 145 Å². The highest BCUT2D eigenvalue weighted by Gasteiger charge is 2.39. The maximum absolute atomic E-state index is 13.4. The number of nitrogens with one attached hydrogen (secondary N) is 2. The Morgan fingerprint density at radius 3 is 2.13 bits per heavy atom. The van der Waals surface area contributed by atoms with Gasteiger partial charge in [-0.3, -0.25) is 4.79 Å². The van der Waals surface area contributed by atoms with Crippen LogP contribution >= 0.6 is 0 Å². The smallest absolute Gasteiger partial charge is 0.407 e. The molecule has 248 valence electrons. The Morgan fingerprint density at radius 2 is 1.56 bits per heavy atom. The molecule has 3 N–H and O–H groups in total. The van der Waals surface area contributed by atoms with Gasteiger partial charge in [-0.1, -0.05) is 25.1 Å². The molecule has 1 atom stereocenters. The van der Waals surface area contributed by atoms with Crippen molar-refractivity contribution >= 4 is 18.0 Å². The lowest BCUT2D eigenvalue weighted by Gasteiger charge is -2.29. The Kier molecular flexibility index (Phi) is 13.7. The van der Waals surface area contributed by atoms with Gasteiger partial charge in [0, 0.05) is 31.7 Å². The largest absolute Gasteiger partial charge is 0.480 e. The zero-order chi connectivity index (χ0) is 32.9. The first kappa shape index (κ1) is 35.9. The van der Waals surface area contributed by atoms with E-state index in [1.54, 1.807) is 45.9 Å². The van der Waals surface area contributed by atoms with Gasteiger partial charge in [-0.15, -0.1) is 0 Å². The third-order valence-corrected chi connectivity index (χ3v) is 7.24. The Labute approximate surface area is 264 Å². The minimum Gasteiger partial charge on any atom is -0.480 e. The van der Waals surface area contributed by atoms with Gasteiger partial charge in [-0.05, 0) is 75.3 Å². The van der Waals surface area contributed by atoms with E-state index in [4.69, 9.17) is 18.9 Å². The molecule has 2 amide bonds. The molecule has 0 spiro atoms. The van der Waals surface area contributed by atoms with Gasteiger partial charge in [0.1, 0.15) is 22.7 Å². The quantitative estimate of drug-likeness (QED) is 0.189. The fourth-order valence-electron chi connectivity index (χ4n) is 4.59. The number of carbonyl (C=O) groups is 3. The standard InChI is InChI=1S/C33H46FN3O8/c1-5-33(30(39)40,14-16-42-18-20-44-21-19-43-17-15-35-31(41)45-32(2,3)4)37-29(38)27-13-12-26(24-8-9-24)28(36-27)22-23-6-10-25(34)11-7-23/h6-7,10-13,24H,5,8-9,14-22H2,1-4H3,(H,35,41)(H,37,38)(H,39,40). The van der Waals surface area contributed by atoms with Gasteiger partial charge in [0.15, 0.2) is 0 Å². The molecule has 1 fully saturated rings. The number of ether oxygens (including phenoxy) is 4. The van der Waals surface area contributed by atoms with Gasteiger partial charge >= 0.3 is 12.1 Å². The van der Waals surface area contributed by atoms with Crippen molar-refractivity contribution in [2.75, 3.05) is 46.2 Å². The van der Waals surface area contributed by atoms with Crippen LogP contribution in [0.5, 0.6) is 0 Å². The lowest BCUT2D eigenvalue weighted by Crippen LogP contribution is -2.55. The fraction of sp³-hybridized carbons (Fsp3) is 0.576. The predicted molar refractivity (Wildman–Crippen MR) is 165 cm³/mol. The molecule has 0 saturated heterocycles. The first-order chi connectivity index (χ1) is 21.4. The number of aromatic nitrogens is 1. The molecule has 1 aliphatic carbocycles. The van der Waals surface area contributed by atoms with Crippen molar-refractivity contribution in [3.63, 3.8) is 0 Å². The van der Waals surface area contributed by atoms with Crippen LogP contribution in [0.1, 0.15) is 86.6 Å². The van der Waals surface area contributed by atoms with Crippen LogP contribution in [0.15, 0.2) is 36.4 Å². The number of hydrogen-bond donors (Lipinski definition) is 3. The zero-order valence-electron chi connectivity index (χ0n) is 26.7. The van der Waals surface area contributed by atoms with Crippen LogP contribution in [0.25, 0.3) is 0 Å². The number of benzene rings is 1. The van der Waals surface area contributed by atoms with Crippen LogP contribution in [0.2, 0.25) is 0 Å². The first-order valence-electron chi connectivity index (χ1n) is 15.4. The van der Waals surface area contributed by atoms with Gasteiger partial charge in [-0.25, -0.2) is 19.0 Å². The fourth-order valence-corrected chi connectivity index (χ4v) is 4.59. The molecule has 12 heteroatoms. The van der Waals surface area contributed by atoms with Crippen molar-refractivity contribution in [3.05, 3.63) is 64.7 Å². The number of carboxylic acid groups (broad SMARTS) is 1. The van der Waals surface area contributed by atoms with E-state index >= 15 is 0 Å². The monoisotopic (exact) mass is 631 g/mol.